The van der Waals surface area contributed by atoms with Gasteiger partial charge in [0, 0.05) is 16.8 Å². The molecule has 0 aliphatic rings. The van der Waals surface area contributed by atoms with Gasteiger partial charge in [-0.1, -0.05) is 0 Å². The van der Waals surface area contributed by atoms with Crippen LogP contribution in [0.5, 0.6) is 0 Å². The van der Waals surface area contributed by atoms with Crippen molar-refractivity contribution in [2.75, 3.05) is 0 Å². The molecule has 1 atom stereocenters. The molecule has 3 rings (SSSR count). The second-order valence-electron chi connectivity index (χ2n) is 4.85. The number of thiazole rings is 1. The summed E-state index contributed by atoms with van der Waals surface area (Å²) in [5, 5.41) is 2.94. The molecule has 0 amide bonds. The summed E-state index contributed by atoms with van der Waals surface area (Å²) in [6.45, 7) is 6.57. The number of rotatable bonds is 3. The zero-order valence-corrected chi connectivity index (χ0v) is 13.2. The Labute approximate surface area is 126 Å². The Balaban J connectivity index is 2.15. The van der Waals surface area contributed by atoms with Gasteiger partial charge in [-0.15, -0.1) is 22.9 Å². The second kappa shape index (κ2) is 5.14. The molecule has 0 saturated carbocycles. The van der Waals surface area contributed by atoms with Gasteiger partial charge in [0.25, 0.3) is 0 Å². The summed E-state index contributed by atoms with van der Waals surface area (Å²) in [6, 6.07) is 3.96. The molecule has 0 fully saturated rings. The Hall–Kier alpha value is -1.46. The van der Waals surface area contributed by atoms with Gasteiger partial charge in [0.05, 0.1) is 11.9 Å². The number of halogens is 1. The SMILES string of the molecule is Cc1csc(Cn2c(C(C)Cl)nc3ccc(C)nc32)n1. The van der Waals surface area contributed by atoms with Gasteiger partial charge in [-0.05, 0) is 32.9 Å². The number of hydrogen-bond donors (Lipinski definition) is 0. The lowest BCUT2D eigenvalue weighted by Gasteiger charge is -2.08. The van der Waals surface area contributed by atoms with E-state index >= 15 is 0 Å². The zero-order chi connectivity index (χ0) is 14.3. The van der Waals surface area contributed by atoms with Crippen molar-refractivity contribution in [1.82, 2.24) is 19.5 Å². The van der Waals surface area contributed by atoms with Crippen LogP contribution < -0.4 is 0 Å². The normalized spacial score (nSPS) is 13.0. The first kappa shape index (κ1) is 13.5. The van der Waals surface area contributed by atoms with Gasteiger partial charge in [0.15, 0.2) is 5.65 Å². The van der Waals surface area contributed by atoms with Crippen LogP contribution in [0.1, 0.15) is 34.5 Å². The lowest BCUT2D eigenvalue weighted by Crippen LogP contribution is -2.06. The standard InChI is InChI=1S/C14H15ClN4S/c1-8-4-5-11-14(17-8)19(13(18-11)10(3)15)6-12-16-9(2)7-20-12/h4-5,7,10H,6H2,1-3H3. The van der Waals surface area contributed by atoms with E-state index in [1.165, 1.54) is 0 Å². The van der Waals surface area contributed by atoms with Crippen molar-refractivity contribution in [2.45, 2.75) is 32.7 Å². The van der Waals surface area contributed by atoms with Crippen molar-refractivity contribution in [2.24, 2.45) is 0 Å². The number of aromatic nitrogens is 4. The number of fused-ring (bicyclic) bond motifs is 1. The predicted molar refractivity (Wildman–Crippen MR) is 82.5 cm³/mol. The van der Waals surface area contributed by atoms with Crippen LogP contribution in [0, 0.1) is 13.8 Å². The number of imidazole rings is 1. The molecule has 104 valence electrons. The summed E-state index contributed by atoms with van der Waals surface area (Å²) in [4.78, 5) is 13.7. The fourth-order valence-corrected chi connectivity index (χ4v) is 3.11. The highest BCUT2D eigenvalue weighted by Crippen LogP contribution is 2.25. The molecular weight excluding hydrogens is 292 g/mol. The van der Waals surface area contributed by atoms with Crippen molar-refractivity contribution < 1.29 is 0 Å². The fourth-order valence-electron chi connectivity index (χ4n) is 2.18. The Morgan fingerprint density at radius 1 is 1.20 bits per heavy atom. The monoisotopic (exact) mass is 306 g/mol. The summed E-state index contributed by atoms with van der Waals surface area (Å²) < 4.78 is 2.07. The van der Waals surface area contributed by atoms with E-state index in [1.54, 1.807) is 11.3 Å². The molecule has 3 aromatic rings. The molecular formula is C14H15ClN4S. The minimum Gasteiger partial charge on any atom is -0.304 e. The van der Waals surface area contributed by atoms with Gasteiger partial charge in [0.2, 0.25) is 0 Å². The van der Waals surface area contributed by atoms with Crippen LogP contribution in [0.25, 0.3) is 11.2 Å². The Morgan fingerprint density at radius 2 is 2.00 bits per heavy atom. The predicted octanol–water partition coefficient (Wildman–Crippen LogP) is 3.85. The van der Waals surface area contributed by atoms with Crippen LogP contribution in [0.2, 0.25) is 0 Å². The van der Waals surface area contributed by atoms with Crippen molar-refractivity contribution in [1.29, 1.82) is 0 Å². The maximum atomic E-state index is 6.26. The molecule has 0 aliphatic carbocycles. The van der Waals surface area contributed by atoms with Gasteiger partial charge in [0.1, 0.15) is 16.3 Å². The minimum atomic E-state index is -0.162. The summed E-state index contributed by atoms with van der Waals surface area (Å²) in [7, 11) is 0. The highest BCUT2D eigenvalue weighted by Gasteiger charge is 2.17. The quantitative estimate of drug-likeness (QED) is 0.690. The number of aryl methyl sites for hydroxylation is 2. The van der Waals surface area contributed by atoms with E-state index in [4.69, 9.17) is 11.6 Å². The molecule has 0 aromatic carbocycles. The van der Waals surface area contributed by atoms with Crippen molar-refractivity contribution in [3.05, 3.63) is 39.7 Å². The summed E-state index contributed by atoms with van der Waals surface area (Å²) in [6.07, 6.45) is 0. The highest BCUT2D eigenvalue weighted by atomic mass is 35.5. The van der Waals surface area contributed by atoms with Gasteiger partial charge in [-0.2, -0.15) is 0 Å². The van der Waals surface area contributed by atoms with Gasteiger partial charge < -0.3 is 4.57 Å². The Kier molecular flexibility index (Phi) is 3.48. The first-order chi connectivity index (χ1) is 9.54. The van der Waals surface area contributed by atoms with Gasteiger partial charge in [-0.25, -0.2) is 15.0 Å². The third-order valence-corrected chi connectivity index (χ3v) is 4.22. The fraction of sp³-hybridized carbons (Fsp3) is 0.357. The average Bonchev–Trinajstić information content (AvgIpc) is 2.95. The van der Waals surface area contributed by atoms with E-state index in [0.29, 0.717) is 6.54 Å². The Bertz CT molecular complexity index is 760. The van der Waals surface area contributed by atoms with Crippen molar-refractivity contribution >= 4 is 34.1 Å². The smallest absolute Gasteiger partial charge is 0.160 e. The molecule has 0 spiro atoms. The Morgan fingerprint density at radius 3 is 2.65 bits per heavy atom. The van der Waals surface area contributed by atoms with Crippen LogP contribution in [0.3, 0.4) is 0 Å². The van der Waals surface area contributed by atoms with Crippen LogP contribution in [0.4, 0.5) is 0 Å². The summed E-state index contributed by atoms with van der Waals surface area (Å²) in [5.74, 6) is 0.840. The molecule has 0 N–H and O–H groups in total. The van der Waals surface area contributed by atoms with Gasteiger partial charge in [-0.3, -0.25) is 0 Å². The van der Waals surface area contributed by atoms with E-state index in [0.717, 1.165) is 33.4 Å². The maximum Gasteiger partial charge on any atom is 0.160 e. The van der Waals surface area contributed by atoms with E-state index in [-0.39, 0.29) is 5.38 Å². The van der Waals surface area contributed by atoms with Crippen LogP contribution >= 0.6 is 22.9 Å². The van der Waals surface area contributed by atoms with Crippen molar-refractivity contribution in [3.63, 3.8) is 0 Å². The minimum absolute atomic E-state index is 0.162. The molecule has 0 saturated heterocycles. The summed E-state index contributed by atoms with van der Waals surface area (Å²) >= 11 is 7.91. The highest BCUT2D eigenvalue weighted by molar-refractivity contribution is 7.09. The third kappa shape index (κ3) is 2.43. The van der Waals surface area contributed by atoms with E-state index < -0.39 is 0 Å². The van der Waals surface area contributed by atoms with E-state index in [9.17, 15) is 0 Å². The molecule has 0 radical (unpaired) electrons. The topological polar surface area (TPSA) is 43.6 Å². The van der Waals surface area contributed by atoms with E-state index in [1.807, 2.05) is 32.9 Å². The number of pyridine rings is 1. The van der Waals surface area contributed by atoms with Crippen LogP contribution in [-0.2, 0) is 6.54 Å². The summed E-state index contributed by atoms with van der Waals surface area (Å²) in [5.41, 5.74) is 3.77. The van der Waals surface area contributed by atoms with Crippen LogP contribution in [-0.4, -0.2) is 19.5 Å². The number of alkyl halides is 1. The lowest BCUT2D eigenvalue weighted by molar-refractivity contribution is 0.730. The van der Waals surface area contributed by atoms with Crippen molar-refractivity contribution in [3.8, 4) is 0 Å². The first-order valence-electron chi connectivity index (χ1n) is 6.43. The number of hydrogen-bond acceptors (Lipinski definition) is 4. The molecule has 4 nitrogen and oxygen atoms in total. The van der Waals surface area contributed by atoms with E-state index in [2.05, 4.69) is 24.9 Å². The van der Waals surface area contributed by atoms with Gasteiger partial charge >= 0.3 is 0 Å². The second-order valence-corrected chi connectivity index (χ2v) is 6.45. The van der Waals surface area contributed by atoms with Crippen LogP contribution in [0.15, 0.2) is 17.5 Å². The first-order valence-corrected chi connectivity index (χ1v) is 7.75. The number of nitrogens with zero attached hydrogens (tertiary/aromatic N) is 4. The average molecular weight is 307 g/mol. The molecule has 6 heteroatoms. The third-order valence-electron chi connectivity index (χ3n) is 3.08. The molecule has 3 aromatic heterocycles. The maximum absolute atomic E-state index is 6.26. The molecule has 3 heterocycles. The molecule has 1 unspecified atom stereocenters. The molecule has 0 bridgehead atoms. The largest absolute Gasteiger partial charge is 0.304 e. The lowest BCUT2D eigenvalue weighted by atomic mass is 10.3. The zero-order valence-electron chi connectivity index (χ0n) is 11.6. The molecule has 20 heavy (non-hydrogen) atoms. The molecule has 0 aliphatic heterocycles.